The van der Waals surface area contributed by atoms with E-state index in [9.17, 15) is 5.11 Å². The Bertz CT molecular complexity index is 622. The molecule has 2 atom stereocenters. The monoisotopic (exact) mass is 272 g/mol. The summed E-state index contributed by atoms with van der Waals surface area (Å²) in [6.45, 7) is 2.63. The number of nitrogens with zero attached hydrogens (tertiary/aromatic N) is 4. The first-order valence-corrected chi connectivity index (χ1v) is 6.89. The van der Waals surface area contributed by atoms with Crippen molar-refractivity contribution in [2.75, 3.05) is 7.05 Å². The summed E-state index contributed by atoms with van der Waals surface area (Å²) >= 11 is 0. The average molecular weight is 272 g/mol. The highest BCUT2D eigenvalue weighted by atomic mass is 16.3. The van der Waals surface area contributed by atoms with Crippen LogP contribution in [-0.2, 0) is 20.0 Å². The molecule has 1 aromatic heterocycles. The second-order valence-corrected chi connectivity index (χ2v) is 5.55. The van der Waals surface area contributed by atoms with Crippen molar-refractivity contribution in [3.05, 3.63) is 47.0 Å². The van der Waals surface area contributed by atoms with Gasteiger partial charge in [0.2, 0.25) is 0 Å². The lowest BCUT2D eigenvalue weighted by Crippen LogP contribution is -2.35. The van der Waals surface area contributed by atoms with Gasteiger partial charge in [0.25, 0.3) is 0 Å². The van der Waals surface area contributed by atoms with Crippen molar-refractivity contribution in [3.63, 3.8) is 0 Å². The van der Waals surface area contributed by atoms with Crippen molar-refractivity contribution in [3.8, 4) is 0 Å². The van der Waals surface area contributed by atoms with Gasteiger partial charge in [0.05, 0.1) is 12.6 Å². The van der Waals surface area contributed by atoms with Crippen LogP contribution in [0.2, 0.25) is 0 Å². The normalized spacial score (nSPS) is 21.4. The molecule has 2 aromatic rings. The molecule has 2 unspecified atom stereocenters. The fourth-order valence-corrected chi connectivity index (χ4v) is 2.88. The molecular formula is C15H20N4O. The molecule has 0 saturated heterocycles. The molecule has 1 aliphatic carbocycles. The number of aliphatic hydroxyl groups excluding tert-OH is 1. The Balaban J connectivity index is 1.76. The number of aryl methyl sites for hydroxylation is 1. The van der Waals surface area contributed by atoms with E-state index < -0.39 is 6.10 Å². The minimum Gasteiger partial charge on any atom is -0.387 e. The fraction of sp³-hybridized carbons (Fsp3) is 0.467. The minimum atomic E-state index is -0.425. The highest BCUT2D eigenvalue weighted by Gasteiger charge is 2.33. The standard InChI is InChI=1S/C15H20N4O/c1-10-16-17-14(19(10)3)9-18(2)13-8-11-6-4-5-7-12(11)15(13)20/h4-7,13,15,20H,8-9H2,1-3H3. The molecule has 0 saturated carbocycles. The first kappa shape index (κ1) is 13.3. The van der Waals surface area contributed by atoms with Gasteiger partial charge < -0.3 is 9.67 Å². The zero-order valence-corrected chi connectivity index (χ0v) is 12.1. The Morgan fingerprint density at radius 3 is 2.75 bits per heavy atom. The van der Waals surface area contributed by atoms with Crippen molar-refractivity contribution in [1.82, 2.24) is 19.7 Å². The molecule has 3 rings (SSSR count). The van der Waals surface area contributed by atoms with Gasteiger partial charge in [-0.2, -0.15) is 0 Å². The van der Waals surface area contributed by atoms with Gasteiger partial charge in [-0.1, -0.05) is 24.3 Å². The first-order chi connectivity index (χ1) is 9.58. The van der Waals surface area contributed by atoms with Crippen LogP contribution in [0.1, 0.15) is 28.9 Å². The summed E-state index contributed by atoms with van der Waals surface area (Å²) in [7, 11) is 4.00. The molecule has 0 bridgehead atoms. The van der Waals surface area contributed by atoms with Gasteiger partial charge in [-0.3, -0.25) is 4.90 Å². The second-order valence-electron chi connectivity index (χ2n) is 5.55. The summed E-state index contributed by atoms with van der Waals surface area (Å²) in [5.74, 6) is 1.83. The fourth-order valence-electron chi connectivity index (χ4n) is 2.88. The van der Waals surface area contributed by atoms with Gasteiger partial charge in [-0.15, -0.1) is 10.2 Å². The van der Waals surface area contributed by atoms with E-state index in [1.807, 2.05) is 43.8 Å². The number of fused-ring (bicyclic) bond motifs is 1. The topological polar surface area (TPSA) is 54.2 Å². The van der Waals surface area contributed by atoms with Crippen molar-refractivity contribution in [2.24, 2.45) is 7.05 Å². The molecule has 0 radical (unpaired) electrons. The lowest BCUT2D eigenvalue weighted by molar-refractivity contribution is 0.0703. The van der Waals surface area contributed by atoms with Gasteiger partial charge in [-0.05, 0) is 31.5 Å². The van der Waals surface area contributed by atoms with E-state index in [-0.39, 0.29) is 6.04 Å². The maximum atomic E-state index is 10.5. The van der Waals surface area contributed by atoms with Crippen molar-refractivity contribution in [1.29, 1.82) is 0 Å². The van der Waals surface area contributed by atoms with E-state index in [0.29, 0.717) is 6.54 Å². The zero-order chi connectivity index (χ0) is 14.3. The average Bonchev–Trinajstić information content (AvgIpc) is 2.94. The van der Waals surface area contributed by atoms with E-state index >= 15 is 0 Å². The van der Waals surface area contributed by atoms with Crippen LogP contribution in [0.15, 0.2) is 24.3 Å². The predicted octanol–water partition coefficient (Wildman–Crippen LogP) is 1.21. The van der Waals surface area contributed by atoms with Crippen LogP contribution in [0.5, 0.6) is 0 Å². The number of aliphatic hydroxyl groups is 1. The van der Waals surface area contributed by atoms with Gasteiger partial charge in [0, 0.05) is 13.1 Å². The predicted molar refractivity (Wildman–Crippen MR) is 76.1 cm³/mol. The molecule has 0 spiro atoms. The van der Waals surface area contributed by atoms with Gasteiger partial charge in [0.15, 0.2) is 0 Å². The van der Waals surface area contributed by atoms with E-state index in [1.165, 1.54) is 5.56 Å². The summed E-state index contributed by atoms with van der Waals surface area (Å²) < 4.78 is 1.99. The Labute approximate surface area is 118 Å². The van der Waals surface area contributed by atoms with Gasteiger partial charge >= 0.3 is 0 Å². The third-order valence-corrected chi connectivity index (χ3v) is 4.31. The first-order valence-electron chi connectivity index (χ1n) is 6.89. The largest absolute Gasteiger partial charge is 0.387 e. The molecule has 1 N–H and O–H groups in total. The SMILES string of the molecule is Cc1nnc(CN(C)C2Cc3ccccc3C2O)n1C. The molecule has 1 aromatic carbocycles. The molecule has 0 amide bonds. The summed E-state index contributed by atoms with van der Waals surface area (Å²) in [6, 6.07) is 8.22. The van der Waals surface area contributed by atoms with Crippen LogP contribution in [0.3, 0.4) is 0 Å². The number of likely N-dealkylation sites (N-methyl/N-ethyl adjacent to an activating group) is 1. The number of rotatable bonds is 3. The smallest absolute Gasteiger partial charge is 0.146 e. The van der Waals surface area contributed by atoms with Crippen LogP contribution in [0, 0.1) is 6.92 Å². The van der Waals surface area contributed by atoms with E-state index in [0.717, 1.165) is 23.6 Å². The number of aromatic nitrogens is 3. The third-order valence-electron chi connectivity index (χ3n) is 4.31. The molecule has 0 aliphatic heterocycles. The molecule has 5 nitrogen and oxygen atoms in total. The van der Waals surface area contributed by atoms with Gasteiger partial charge in [0.1, 0.15) is 11.6 Å². The van der Waals surface area contributed by atoms with Crippen LogP contribution >= 0.6 is 0 Å². The summed E-state index contributed by atoms with van der Waals surface area (Å²) in [5, 5.41) is 18.7. The van der Waals surface area contributed by atoms with E-state index in [4.69, 9.17) is 0 Å². The Hall–Kier alpha value is -1.72. The molecular weight excluding hydrogens is 252 g/mol. The lowest BCUT2D eigenvalue weighted by atomic mass is 10.1. The van der Waals surface area contributed by atoms with Crippen molar-refractivity contribution in [2.45, 2.75) is 32.0 Å². The Morgan fingerprint density at radius 1 is 1.35 bits per heavy atom. The summed E-state index contributed by atoms with van der Waals surface area (Å²) in [5.41, 5.74) is 2.30. The quantitative estimate of drug-likeness (QED) is 0.912. The molecule has 106 valence electrons. The number of benzene rings is 1. The molecule has 1 heterocycles. The minimum absolute atomic E-state index is 0.101. The highest BCUT2D eigenvalue weighted by Crippen LogP contribution is 2.34. The molecule has 20 heavy (non-hydrogen) atoms. The highest BCUT2D eigenvalue weighted by molar-refractivity contribution is 5.35. The number of hydrogen-bond acceptors (Lipinski definition) is 4. The molecule has 1 aliphatic rings. The molecule has 5 heteroatoms. The van der Waals surface area contributed by atoms with E-state index in [1.54, 1.807) is 0 Å². The van der Waals surface area contributed by atoms with E-state index in [2.05, 4.69) is 21.2 Å². The van der Waals surface area contributed by atoms with Crippen molar-refractivity contribution < 1.29 is 5.11 Å². The maximum absolute atomic E-state index is 10.5. The van der Waals surface area contributed by atoms with Crippen LogP contribution < -0.4 is 0 Å². The van der Waals surface area contributed by atoms with Crippen molar-refractivity contribution >= 4 is 0 Å². The van der Waals surface area contributed by atoms with Crippen LogP contribution in [0.25, 0.3) is 0 Å². The van der Waals surface area contributed by atoms with Gasteiger partial charge in [-0.25, -0.2) is 0 Å². The number of hydrogen-bond donors (Lipinski definition) is 1. The summed E-state index contributed by atoms with van der Waals surface area (Å²) in [6.07, 6.45) is 0.454. The maximum Gasteiger partial charge on any atom is 0.146 e. The second kappa shape index (κ2) is 5.00. The lowest BCUT2D eigenvalue weighted by Gasteiger charge is -2.26. The Morgan fingerprint density at radius 2 is 2.10 bits per heavy atom. The summed E-state index contributed by atoms with van der Waals surface area (Å²) in [4.78, 5) is 2.16. The zero-order valence-electron chi connectivity index (χ0n) is 12.1. The van der Waals surface area contributed by atoms with Crippen LogP contribution in [-0.4, -0.2) is 37.9 Å². The Kier molecular flexibility index (Phi) is 3.31. The van der Waals surface area contributed by atoms with Crippen LogP contribution in [0.4, 0.5) is 0 Å². The third kappa shape index (κ3) is 2.13. The molecule has 0 fully saturated rings.